The number of aryl methyl sites for hydroxylation is 2. The molecule has 0 aliphatic carbocycles. The second kappa shape index (κ2) is 9.52. The summed E-state index contributed by atoms with van der Waals surface area (Å²) in [4.78, 5) is 12.3. The highest BCUT2D eigenvalue weighted by Crippen LogP contribution is 2.45. The van der Waals surface area contributed by atoms with Crippen molar-refractivity contribution in [1.82, 2.24) is 0 Å². The maximum Gasteiger partial charge on any atom is 0.335 e. The van der Waals surface area contributed by atoms with Crippen LogP contribution in [0.15, 0.2) is 36.9 Å². The number of aromatic hydroxyl groups is 1. The first kappa shape index (κ1) is 25.7. The minimum atomic E-state index is -0.477. The van der Waals surface area contributed by atoms with Crippen LogP contribution >= 0.6 is 0 Å². The summed E-state index contributed by atoms with van der Waals surface area (Å²) in [5.41, 5.74) is 5.64. The number of hydrogen-bond donors (Lipinski definition) is 1. The fraction of sp³-hybridized carbons (Fsp3) is 0.483. The number of carbonyl (C=O) groups excluding carboxylic acids is 1. The summed E-state index contributed by atoms with van der Waals surface area (Å²) in [7, 11) is 0. The number of rotatable bonds is 6. The number of phenolic OH excluding ortho intramolecular Hbond substituents is 1. The summed E-state index contributed by atoms with van der Waals surface area (Å²) >= 11 is 0. The summed E-state index contributed by atoms with van der Waals surface area (Å²) in [5.74, 6) is 0.256. The summed E-state index contributed by atoms with van der Waals surface area (Å²) in [6, 6.07) is 8.43. The van der Waals surface area contributed by atoms with Gasteiger partial charge in [0.05, 0.1) is 0 Å². The van der Waals surface area contributed by atoms with E-state index in [-0.39, 0.29) is 16.7 Å². The van der Waals surface area contributed by atoms with Crippen LogP contribution in [0.4, 0.5) is 0 Å². The zero-order valence-electron chi connectivity index (χ0n) is 21.3. The molecule has 3 nitrogen and oxygen atoms in total. The summed E-state index contributed by atoms with van der Waals surface area (Å²) in [6.07, 6.45) is 2.94. The normalized spacial score (nSPS) is 13.0. The van der Waals surface area contributed by atoms with Crippen LogP contribution in [0.5, 0.6) is 11.5 Å². The fourth-order valence-corrected chi connectivity index (χ4v) is 4.04. The molecule has 1 unspecified atom stereocenters. The van der Waals surface area contributed by atoms with Gasteiger partial charge < -0.3 is 9.84 Å². The van der Waals surface area contributed by atoms with Gasteiger partial charge in [0.25, 0.3) is 0 Å². The van der Waals surface area contributed by atoms with Gasteiger partial charge in [0, 0.05) is 28.7 Å². The fourth-order valence-electron chi connectivity index (χ4n) is 4.04. The zero-order chi connectivity index (χ0) is 24.4. The first-order chi connectivity index (χ1) is 14.7. The van der Waals surface area contributed by atoms with Gasteiger partial charge in [-0.1, -0.05) is 93.2 Å². The van der Waals surface area contributed by atoms with Gasteiger partial charge in [-0.2, -0.15) is 0 Å². The Labute approximate surface area is 194 Å². The third-order valence-corrected chi connectivity index (χ3v) is 6.11. The molecule has 0 aliphatic heterocycles. The van der Waals surface area contributed by atoms with Gasteiger partial charge in [-0.05, 0) is 40.4 Å². The molecule has 1 N–H and O–H groups in total. The summed E-state index contributed by atoms with van der Waals surface area (Å²) in [6.45, 7) is 22.6. The van der Waals surface area contributed by atoms with Crippen molar-refractivity contribution >= 4 is 5.97 Å². The molecule has 0 spiro atoms. The Balaban J connectivity index is 2.87. The van der Waals surface area contributed by atoms with E-state index in [1.807, 2.05) is 0 Å². The van der Waals surface area contributed by atoms with E-state index in [2.05, 4.69) is 93.2 Å². The van der Waals surface area contributed by atoms with Gasteiger partial charge >= 0.3 is 5.97 Å². The van der Waals surface area contributed by atoms with Crippen molar-refractivity contribution in [3.63, 3.8) is 0 Å². The van der Waals surface area contributed by atoms with E-state index in [4.69, 9.17) is 4.74 Å². The molecule has 1 atom stereocenters. The summed E-state index contributed by atoms with van der Waals surface area (Å²) < 4.78 is 5.85. The van der Waals surface area contributed by atoms with Crippen molar-refractivity contribution in [3.05, 3.63) is 70.3 Å². The number of phenols is 1. The Morgan fingerprint density at radius 2 is 1.41 bits per heavy atom. The van der Waals surface area contributed by atoms with Crippen LogP contribution < -0.4 is 4.74 Å². The maximum absolute atomic E-state index is 12.3. The molecule has 174 valence electrons. The second-order valence-corrected chi connectivity index (χ2v) is 10.7. The molecule has 2 aromatic rings. The number of carbonyl (C=O) groups is 1. The van der Waals surface area contributed by atoms with Crippen LogP contribution in [0.25, 0.3) is 0 Å². The molecule has 2 rings (SSSR count). The molecule has 0 aromatic heterocycles. The van der Waals surface area contributed by atoms with Crippen molar-refractivity contribution < 1.29 is 14.6 Å². The van der Waals surface area contributed by atoms with Crippen LogP contribution in [0.3, 0.4) is 0 Å². The molecule has 32 heavy (non-hydrogen) atoms. The predicted molar refractivity (Wildman–Crippen MR) is 134 cm³/mol. The third kappa shape index (κ3) is 5.43. The molecule has 0 aliphatic rings. The van der Waals surface area contributed by atoms with Crippen molar-refractivity contribution in [1.29, 1.82) is 0 Å². The standard InChI is InChI=1S/C29H40O3/c1-11-19-14-21(26(31)23(16-19)28(5,6)7)18(4)22-15-20(12-2)17-24(29(8,9)10)27(22)32-25(30)13-3/h13-18,31H,3,11-12H2,1-2,4-10H3. The van der Waals surface area contributed by atoms with E-state index in [0.29, 0.717) is 11.5 Å². The first-order valence-electron chi connectivity index (χ1n) is 11.6. The molecule has 0 amide bonds. The Kier molecular flexibility index (Phi) is 7.65. The van der Waals surface area contributed by atoms with Gasteiger partial charge in [0.1, 0.15) is 11.5 Å². The Hall–Kier alpha value is -2.55. The lowest BCUT2D eigenvalue weighted by Gasteiger charge is -2.29. The average molecular weight is 437 g/mol. The van der Waals surface area contributed by atoms with E-state index < -0.39 is 5.97 Å². The lowest BCUT2D eigenvalue weighted by atomic mass is 9.78. The third-order valence-electron chi connectivity index (χ3n) is 6.11. The van der Waals surface area contributed by atoms with Gasteiger partial charge in [0.2, 0.25) is 0 Å². The molecule has 2 aromatic carbocycles. The van der Waals surface area contributed by atoms with Crippen LogP contribution in [0.1, 0.15) is 102 Å². The van der Waals surface area contributed by atoms with E-state index in [1.165, 1.54) is 17.2 Å². The number of benzene rings is 2. The smallest absolute Gasteiger partial charge is 0.335 e. The molecule has 3 heteroatoms. The Morgan fingerprint density at radius 1 is 0.938 bits per heavy atom. The topological polar surface area (TPSA) is 46.5 Å². The van der Waals surface area contributed by atoms with E-state index >= 15 is 0 Å². The SMILES string of the molecule is C=CC(=O)Oc1c(C(C)c2cc(CC)cc(C(C)(C)C)c2O)cc(CC)cc1C(C)(C)C. The Bertz CT molecular complexity index is 1000. The van der Waals surface area contributed by atoms with Gasteiger partial charge in [-0.15, -0.1) is 0 Å². The van der Waals surface area contributed by atoms with Gasteiger partial charge in [-0.25, -0.2) is 4.79 Å². The molecular formula is C29H40O3. The maximum atomic E-state index is 12.3. The highest BCUT2D eigenvalue weighted by molar-refractivity contribution is 5.84. The van der Waals surface area contributed by atoms with Crippen molar-refractivity contribution in [2.45, 2.75) is 91.9 Å². The average Bonchev–Trinajstić information content (AvgIpc) is 2.71. The second-order valence-electron chi connectivity index (χ2n) is 10.7. The van der Waals surface area contributed by atoms with Gasteiger partial charge in [-0.3, -0.25) is 0 Å². The van der Waals surface area contributed by atoms with Crippen LogP contribution in [0.2, 0.25) is 0 Å². The Morgan fingerprint density at radius 3 is 1.84 bits per heavy atom. The largest absolute Gasteiger partial charge is 0.507 e. The number of hydrogen-bond acceptors (Lipinski definition) is 3. The zero-order valence-corrected chi connectivity index (χ0v) is 21.3. The minimum absolute atomic E-state index is 0.164. The van der Waals surface area contributed by atoms with Crippen LogP contribution in [0, 0.1) is 0 Å². The van der Waals surface area contributed by atoms with Crippen molar-refractivity contribution in [2.24, 2.45) is 0 Å². The van der Waals surface area contributed by atoms with Gasteiger partial charge in [0.15, 0.2) is 0 Å². The van der Waals surface area contributed by atoms with Crippen LogP contribution in [-0.4, -0.2) is 11.1 Å². The van der Waals surface area contributed by atoms with E-state index in [9.17, 15) is 9.90 Å². The van der Waals surface area contributed by atoms with Crippen molar-refractivity contribution in [3.8, 4) is 11.5 Å². The monoisotopic (exact) mass is 436 g/mol. The highest BCUT2D eigenvalue weighted by atomic mass is 16.5. The molecule has 0 saturated carbocycles. The first-order valence-corrected chi connectivity index (χ1v) is 11.6. The molecule has 0 fully saturated rings. The van der Waals surface area contributed by atoms with E-state index in [0.717, 1.165) is 35.1 Å². The molecular weight excluding hydrogens is 396 g/mol. The quantitative estimate of drug-likeness (QED) is 0.292. The molecule has 0 saturated heterocycles. The van der Waals surface area contributed by atoms with Crippen LogP contribution in [-0.2, 0) is 28.5 Å². The number of esters is 1. The van der Waals surface area contributed by atoms with Crippen molar-refractivity contribution in [2.75, 3.05) is 0 Å². The predicted octanol–water partition coefficient (Wildman–Crippen LogP) is 7.36. The van der Waals surface area contributed by atoms with E-state index in [1.54, 1.807) is 0 Å². The lowest BCUT2D eigenvalue weighted by molar-refractivity contribution is -0.129. The lowest BCUT2D eigenvalue weighted by Crippen LogP contribution is -2.19. The number of ether oxygens (including phenoxy) is 1. The minimum Gasteiger partial charge on any atom is -0.507 e. The molecule has 0 heterocycles. The highest BCUT2D eigenvalue weighted by Gasteiger charge is 2.29. The molecule has 0 radical (unpaired) electrons. The summed E-state index contributed by atoms with van der Waals surface area (Å²) in [5, 5.41) is 11.3. The molecule has 0 bridgehead atoms.